The highest BCUT2D eigenvalue weighted by Gasteiger charge is 2.39. The van der Waals surface area contributed by atoms with Crippen molar-refractivity contribution in [1.29, 1.82) is 5.26 Å². The van der Waals surface area contributed by atoms with Crippen LogP contribution in [-0.4, -0.2) is 22.4 Å². The van der Waals surface area contributed by atoms with E-state index in [1.807, 2.05) is 34.6 Å². The first kappa shape index (κ1) is 15.4. The van der Waals surface area contributed by atoms with Crippen molar-refractivity contribution in [2.75, 3.05) is 0 Å². The number of rotatable bonds is 4. The maximum atomic E-state index is 10.0. The number of nitriles is 1. The lowest BCUT2D eigenvalue weighted by molar-refractivity contribution is -0.0265. The quantitative estimate of drug-likeness (QED) is 0.774. The van der Waals surface area contributed by atoms with Crippen molar-refractivity contribution >= 4 is 0 Å². The first-order valence-electron chi connectivity index (χ1n) is 5.82. The second kappa shape index (κ2) is 5.16. The molecule has 0 rings (SSSR count). The average Bonchev–Trinajstić information content (AvgIpc) is 2.14. The summed E-state index contributed by atoms with van der Waals surface area (Å²) in [5.74, 6) is 0.0109. The van der Waals surface area contributed by atoms with Gasteiger partial charge in [0.05, 0.1) is 23.7 Å². The van der Waals surface area contributed by atoms with Gasteiger partial charge in [-0.25, -0.2) is 0 Å². The minimum absolute atomic E-state index is 0.0109. The normalized spacial score (nSPS) is 20.0. The molecule has 0 aliphatic rings. The van der Waals surface area contributed by atoms with E-state index in [-0.39, 0.29) is 11.3 Å². The van der Waals surface area contributed by atoms with Crippen LogP contribution in [-0.2, 0) is 0 Å². The highest BCUT2D eigenvalue weighted by Crippen LogP contribution is 2.35. The molecule has 3 heteroatoms. The number of aliphatic hydroxyl groups is 2. The summed E-state index contributed by atoms with van der Waals surface area (Å²) in [5.41, 5.74) is -1.16. The van der Waals surface area contributed by atoms with Crippen molar-refractivity contribution in [3.8, 4) is 6.07 Å². The zero-order chi connectivity index (χ0) is 13.1. The van der Waals surface area contributed by atoms with Crippen LogP contribution in [0, 0.1) is 28.1 Å². The van der Waals surface area contributed by atoms with Crippen molar-refractivity contribution in [3.63, 3.8) is 0 Å². The highest BCUT2D eigenvalue weighted by atomic mass is 16.3. The van der Waals surface area contributed by atoms with Crippen LogP contribution in [0.4, 0.5) is 0 Å². The largest absolute Gasteiger partial charge is 0.393 e. The molecule has 3 nitrogen and oxygen atoms in total. The summed E-state index contributed by atoms with van der Waals surface area (Å²) in [4.78, 5) is 0. The molecule has 0 aliphatic carbocycles. The summed E-state index contributed by atoms with van der Waals surface area (Å²) in [7, 11) is 0. The second-order valence-corrected chi connectivity index (χ2v) is 6.30. The Hall–Kier alpha value is -0.590. The summed E-state index contributed by atoms with van der Waals surface area (Å²) in [5, 5.41) is 29.2. The monoisotopic (exact) mass is 227 g/mol. The molecule has 2 N–H and O–H groups in total. The smallest absolute Gasteiger partial charge is 0.0831 e. The van der Waals surface area contributed by atoms with Crippen LogP contribution in [0.25, 0.3) is 0 Å². The molecule has 0 aromatic carbocycles. The van der Waals surface area contributed by atoms with E-state index < -0.39 is 17.6 Å². The minimum Gasteiger partial charge on any atom is -0.393 e. The van der Waals surface area contributed by atoms with E-state index in [1.165, 1.54) is 0 Å². The first-order chi connectivity index (χ1) is 7.04. The maximum absolute atomic E-state index is 10.0. The highest BCUT2D eigenvalue weighted by molar-refractivity contribution is 5.03. The predicted octanol–water partition coefficient (Wildman–Crippen LogP) is 2.33. The van der Waals surface area contributed by atoms with Gasteiger partial charge in [-0.2, -0.15) is 5.26 Å². The van der Waals surface area contributed by atoms with Gasteiger partial charge in [0.2, 0.25) is 0 Å². The van der Waals surface area contributed by atoms with Gasteiger partial charge in [-0.15, -0.1) is 0 Å². The van der Waals surface area contributed by atoms with Gasteiger partial charge < -0.3 is 10.2 Å². The Bertz CT molecular complexity index is 262. The Morgan fingerprint density at radius 2 is 1.56 bits per heavy atom. The van der Waals surface area contributed by atoms with Crippen LogP contribution in [0.15, 0.2) is 0 Å². The fourth-order valence-electron chi connectivity index (χ4n) is 1.68. The van der Waals surface area contributed by atoms with Crippen molar-refractivity contribution in [2.45, 2.75) is 60.2 Å². The standard InChI is InChI=1S/C13H25NO2/c1-9(2)11(16)13(6,8-14)7-10(15)12(3,4)5/h9-11,15-16H,7H2,1-6H3/t10-,11+,13-/m0/s1. The van der Waals surface area contributed by atoms with Crippen LogP contribution < -0.4 is 0 Å². The molecule has 0 heterocycles. The third-order valence-corrected chi connectivity index (χ3v) is 3.16. The van der Waals surface area contributed by atoms with Crippen molar-refractivity contribution in [3.05, 3.63) is 0 Å². The van der Waals surface area contributed by atoms with E-state index in [9.17, 15) is 15.5 Å². The lowest BCUT2D eigenvalue weighted by Crippen LogP contribution is -2.41. The molecule has 0 radical (unpaired) electrons. The van der Waals surface area contributed by atoms with E-state index in [0.717, 1.165) is 0 Å². The zero-order valence-electron chi connectivity index (χ0n) is 11.3. The minimum atomic E-state index is -0.888. The van der Waals surface area contributed by atoms with Gasteiger partial charge >= 0.3 is 0 Å². The summed E-state index contributed by atoms with van der Waals surface area (Å²) < 4.78 is 0. The first-order valence-corrected chi connectivity index (χ1v) is 5.82. The van der Waals surface area contributed by atoms with Crippen molar-refractivity contribution in [2.24, 2.45) is 16.7 Å². The fraction of sp³-hybridized carbons (Fsp3) is 0.923. The Balaban J connectivity index is 4.82. The van der Waals surface area contributed by atoms with E-state index in [4.69, 9.17) is 0 Å². The molecule has 0 spiro atoms. The van der Waals surface area contributed by atoms with Gasteiger partial charge in [0.15, 0.2) is 0 Å². The Morgan fingerprint density at radius 1 is 1.12 bits per heavy atom. The van der Waals surface area contributed by atoms with Gasteiger partial charge in [0, 0.05) is 0 Å². The Labute approximate surface area is 99.1 Å². The Morgan fingerprint density at radius 3 is 1.81 bits per heavy atom. The molecule has 0 saturated heterocycles. The third kappa shape index (κ3) is 3.77. The summed E-state index contributed by atoms with van der Waals surface area (Å²) in [6, 6.07) is 2.15. The van der Waals surface area contributed by atoms with Crippen LogP contribution in [0.5, 0.6) is 0 Å². The average molecular weight is 227 g/mol. The molecule has 0 aromatic rings. The Kier molecular flexibility index (Phi) is 4.97. The van der Waals surface area contributed by atoms with Crippen LogP contribution in [0.2, 0.25) is 0 Å². The number of hydrogen-bond acceptors (Lipinski definition) is 3. The number of aliphatic hydroxyl groups excluding tert-OH is 2. The van der Waals surface area contributed by atoms with Gasteiger partial charge in [-0.1, -0.05) is 34.6 Å². The molecule has 0 amide bonds. The topological polar surface area (TPSA) is 64.2 Å². The van der Waals surface area contributed by atoms with Crippen LogP contribution in [0.1, 0.15) is 48.0 Å². The van der Waals surface area contributed by atoms with Crippen LogP contribution in [0.3, 0.4) is 0 Å². The molecule has 3 atom stereocenters. The molecule has 0 fully saturated rings. The fourth-order valence-corrected chi connectivity index (χ4v) is 1.68. The molecule has 0 bridgehead atoms. The molecule has 0 aliphatic heterocycles. The van der Waals surface area contributed by atoms with Gasteiger partial charge in [-0.3, -0.25) is 0 Å². The molecule has 0 aromatic heterocycles. The lowest BCUT2D eigenvalue weighted by Gasteiger charge is -2.36. The molecule has 94 valence electrons. The van der Waals surface area contributed by atoms with E-state index in [2.05, 4.69) is 6.07 Å². The summed E-state index contributed by atoms with van der Waals surface area (Å²) in [6.45, 7) is 11.3. The SMILES string of the molecule is CC(C)[C@@H](O)[C@](C)(C#N)C[C@H](O)C(C)(C)C. The third-order valence-electron chi connectivity index (χ3n) is 3.16. The van der Waals surface area contributed by atoms with E-state index in [1.54, 1.807) is 6.92 Å². The molecule has 0 saturated carbocycles. The van der Waals surface area contributed by atoms with Crippen LogP contribution >= 0.6 is 0 Å². The predicted molar refractivity (Wildman–Crippen MR) is 64.6 cm³/mol. The van der Waals surface area contributed by atoms with E-state index >= 15 is 0 Å². The van der Waals surface area contributed by atoms with Crippen molar-refractivity contribution < 1.29 is 10.2 Å². The van der Waals surface area contributed by atoms with E-state index in [0.29, 0.717) is 6.42 Å². The second-order valence-electron chi connectivity index (χ2n) is 6.30. The number of hydrogen-bond donors (Lipinski definition) is 2. The van der Waals surface area contributed by atoms with Gasteiger partial charge in [0.1, 0.15) is 0 Å². The maximum Gasteiger partial charge on any atom is 0.0831 e. The zero-order valence-corrected chi connectivity index (χ0v) is 11.3. The lowest BCUT2D eigenvalue weighted by atomic mass is 9.72. The molecular weight excluding hydrogens is 202 g/mol. The van der Waals surface area contributed by atoms with Crippen molar-refractivity contribution in [1.82, 2.24) is 0 Å². The molecular formula is C13H25NO2. The molecule has 0 unspecified atom stereocenters. The molecule has 16 heavy (non-hydrogen) atoms. The number of nitrogens with zero attached hydrogens (tertiary/aromatic N) is 1. The van der Waals surface area contributed by atoms with Gasteiger partial charge in [-0.05, 0) is 24.7 Å². The van der Waals surface area contributed by atoms with Gasteiger partial charge in [0.25, 0.3) is 0 Å². The summed E-state index contributed by atoms with van der Waals surface area (Å²) >= 11 is 0. The summed E-state index contributed by atoms with van der Waals surface area (Å²) in [6.07, 6.45) is -1.01.